The Morgan fingerprint density at radius 1 is 1.35 bits per heavy atom. The number of guanidine groups is 1. The lowest BCUT2D eigenvalue weighted by atomic mass is 10.1. The van der Waals surface area contributed by atoms with Crippen molar-refractivity contribution in [3.8, 4) is 0 Å². The first-order valence-electron chi connectivity index (χ1n) is 7.05. The second kappa shape index (κ2) is 10.0. The first-order chi connectivity index (χ1) is 9.08. The molecule has 0 amide bonds. The molecule has 1 aromatic heterocycles. The number of aryl methyl sites for hydroxylation is 2. The molecule has 1 heterocycles. The third kappa shape index (κ3) is 6.11. The summed E-state index contributed by atoms with van der Waals surface area (Å²) in [5, 5.41) is 10.6. The van der Waals surface area contributed by atoms with E-state index in [9.17, 15) is 0 Å². The van der Waals surface area contributed by atoms with Crippen LogP contribution in [0.3, 0.4) is 0 Å². The molecule has 0 saturated carbocycles. The van der Waals surface area contributed by atoms with Gasteiger partial charge in [0, 0.05) is 24.7 Å². The Morgan fingerprint density at radius 2 is 2.05 bits per heavy atom. The fourth-order valence-corrected chi connectivity index (χ4v) is 1.79. The highest BCUT2D eigenvalue weighted by Crippen LogP contribution is 2.12. The third-order valence-electron chi connectivity index (χ3n) is 3.15. The molecule has 1 atom stereocenters. The molecule has 0 aliphatic heterocycles. The fraction of sp³-hybridized carbons (Fsp3) is 0.714. The van der Waals surface area contributed by atoms with Crippen molar-refractivity contribution in [2.24, 2.45) is 4.99 Å². The molecule has 0 aromatic carbocycles. The molecule has 5 nitrogen and oxygen atoms in total. The van der Waals surface area contributed by atoms with Gasteiger partial charge in [0.25, 0.3) is 0 Å². The Labute approximate surface area is 139 Å². The van der Waals surface area contributed by atoms with Crippen molar-refractivity contribution in [2.75, 3.05) is 13.1 Å². The van der Waals surface area contributed by atoms with Gasteiger partial charge >= 0.3 is 0 Å². The highest BCUT2D eigenvalue weighted by atomic mass is 127. The van der Waals surface area contributed by atoms with Crippen molar-refractivity contribution in [1.82, 2.24) is 15.8 Å². The predicted octanol–water partition coefficient (Wildman–Crippen LogP) is 2.81. The highest BCUT2D eigenvalue weighted by Gasteiger charge is 2.08. The van der Waals surface area contributed by atoms with Crippen molar-refractivity contribution in [3.63, 3.8) is 0 Å². The van der Waals surface area contributed by atoms with Crippen molar-refractivity contribution in [2.45, 2.75) is 53.5 Å². The zero-order valence-electron chi connectivity index (χ0n) is 13.1. The van der Waals surface area contributed by atoms with Crippen LogP contribution < -0.4 is 10.6 Å². The number of hydrogen-bond acceptors (Lipinski definition) is 3. The minimum Gasteiger partial charge on any atom is -0.361 e. The Balaban J connectivity index is 0.00000361. The predicted molar refractivity (Wildman–Crippen MR) is 94.0 cm³/mol. The van der Waals surface area contributed by atoms with E-state index in [4.69, 9.17) is 4.52 Å². The van der Waals surface area contributed by atoms with Crippen LogP contribution >= 0.6 is 24.0 Å². The van der Waals surface area contributed by atoms with E-state index in [1.807, 2.05) is 13.8 Å². The van der Waals surface area contributed by atoms with Gasteiger partial charge in [0.1, 0.15) is 5.76 Å². The smallest absolute Gasteiger partial charge is 0.191 e. The molecule has 20 heavy (non-hydrogen) atoms. The molecule has 2 N–H and O–H groups in total. The van der Waals surface area contributed by atoms with Crippen LogP contribution in [0.4, 0.5) is 0 Å². The maximum Gasteiger partial charge on any atom is 0.191 e. The lowest BCUT2D eigenvalue weighted by molar-refractivity contribution is 0.392. The van der Waals surface area contributed by atoms with Crippen LogP contribution in [0, 0.1) is 13.8 Å². The van der Waals surface area contributed by atoms with Crippen molar-refractivity contribution >= 4 is 29.9 Å². The number of aliphatic imine (C=N–C) groups is 1. The van der Waals surface area contributed by atoms with Gasteiger partial charge in [-0.2, -0.15) is 0 Å². The maximum atomic E-state index is 5.15. The Hall–Kier alpha value is -0.790. The summed E-state index contributed by atoms with van der Waals surface area (Å²) in [6.45, 7) is 11.9. The van der Waals surface area contributed by atoms with E-state index in [-0.39, 0.29) is 24.0 Å². The number of halogens is 1. The molecule has 1 unspecified atom stereocenters. The molecule has 0 fully saturated rings. The van der Waals surface area contributed by atoms with E-state index in [1.165, 1.54) is 5.56 Å². The van der Waals surface area contributed by atoms with E-state index in [1.54, 1.807) is 0 Å². The summed E-state index contributed by atoms with van der Waals surface area (Å²) in [4.78, 5) is 4.58. The molecule has 0 saturated heterocycles. The zero-order chi connectivity index (χ0) is 14.3. The molecular weight excluding hydrogens is 367 g/mol. The quantitative estimate of drug-likeness (QED) is 0.443. The number of hydrogen-bond donors (Lipinski definition) is 2. The second-order valence-corrected chi connectivity index (χ2v) is 4.77. The first kappa shape index (κ1) is 19.2. The van der Waals surface area contributed by atoms with Crippen LogP contribution in [0.2, 0.25) is 0 Å². The summed E-state index contributed by atoms with van der Waals surface area (Å²) >= 11 is 0. The topological polar surface area (TPSA) is 62.5 Å². The minimum atomic E-state index is 0. The van der Waals surface area contributed by atoms with Crippen LogP contribution in [0.1, 0.15) is 44.2 Å². The molecule has 0 aliphatic rings. The molecule has 0 aliphatic carbocycles. The molecular formula is C14H27IN4O. The van der Waals surface area contributed by atoms with Gasteiger partial charge in [0.05, 0.1) is 5.69 Å². The second-order valence-electron chi connectivity index (χ2n) is 4.77. The van der Waals surface area contributed by atoms with Crippen LogP contribution in [0.15, 0.2) is 9.52 Å². The summed E-state index contributed by atoms with van der Waals surface area (Å²) in [6, 6.07) is 0.428. The standard InChI is InChI=1S/C14H26N4O.HI/c1-6-10(3)17-14(15-7-2)16-9-8-13-11(4)18-19-12(13)5;/h10H,6-9H2,1-5H3,(H2,15,16,17);1H. The van der Waals surface area contributed by atoms with Crippen LogP contribution in [0.5, 0.6) is 0 Å². The number of nitrogens with zero attached hydrogens (tertiary/aromatic N) is 2. The number of nitrogens with one attached hydrogen (secondary N) is 2. The van der Waals surface area contributed by atoms with E-state index >= 15 is 0 Å². The summed E-state index contributed by atoms with van der Waals surface area (Å²) in [5.41, 5.74) is 2.13. The molecule has 0 bridgehead atoms. The Morgan fingerprint density at radius 3 is 2.55 bits per heavy atom. The SMILES string of the molecule is CCNC(=NCCc1c(C)noc1C)NC(C)CC.I. The van der Waals surface area contributed by atoms with Crippen molar-refractivity contribution in [1.29, 1.82) is 0 Å². The van der Waals surface area contributed by atoms with Crippen molar-refractivity contribution < 1.29 is 4.52 Å². The van der Waals surface area contributed by atoms with Gasteiger partial charge in [-0.25, -0.2) is 0 Å². The van der Waals surface area contributed by atoms with Crippen LogP contribution in [-0.4, -0.2) is 30.2 Å². The molecule has 0 radical (unpaired) electrons. The highest BCUT2D eigenvalue weighted by molar-refractivity contribution is 14.0. The Bertz CT molecular complexity index is 398. The first-order valence-corrected chi connectivity index (χ1v) is 7.05. The monoisotopic (exact) mass is 394 g/mol. The zero-order valence-corrected chi connectivity index (χ0v) is 15.4. The lowest BCUT2D eigenvalue weighted by Gasteiger charge is -2.16. The summed E-state index contributed by atoms with van der Waals surface area (Å²) in [7, 11) is 0. The molecule has 1 rings (SSSR count). The minimum absolute atomic E-state index is 0. The van der Waals surface area contributed by atoms with Gasteiger partial charge in [-0.15, -0.1) is 24.0 Å². The molecule has 116 valence electrons. The fourth-order valence-electron chi connectivity index (χ4n) is 1.79. The molecule has 0 spiro atoms. The van der Waals surface area contributed by atoms with E-state index < -0.39 is 0 Å². The largest absolute Gasteiger partial charge is 0.361 e. The summed E-state index contributed by atoms with van der Waals surface area (Å²) in [6.07, 6.45) is 1.94. The van der Waals surface area contributed by atoms with Crippen LogP contribution in [0.25, 0.3) is 0 Å². The van der Waals surface area contributed by atoms with Gasteiger partial charge in [-0.1, -0.05) is 12.1 Å². The summed E-state index contributed by atoms with van der Waals surface area (Å²) in [5.74, 6) is 1.77. The third-order valence-corrected chi connectivity index (χ3v) is 3.15. The average molecular weight is 394 g/mol. The van der Waals surface area contributed by atoms with E-state index in [0.717, 1.165) is 43.3 Å². The Kier molecular flexibility index (Phi) is 9.62. The number of rotatable bonds is 6. The van der Waals surface area contributed by atoms with Crippen molar-refractivity contribution in [3.05, 3.63) is 17.0 Å². The number of aromatic nitrogens is 1. The van der Waals surface area contributed by atoms with Gasteiger partial charge < -0.3 is 15.2 Å². The van der Waals surface area contributed by atoms with Gasteiger partial charge in [-0.05, 0) is 40.5 Å². The maximum absolute atomic E-state index is 5.15. The van der Waals surface area contributed by atoms with Gasteiger partial charge in [0.15, 0.2) is 5.96 Å². The molecule has 6 heteroatoms. The van der Waals surface area contributed by atoms with Gasteiger partial charge in [-0.3, -0.25) is 4.99 Å². The molecule has 1 aromatic rings. The summed E-state index contributed by atoms with van der Waals surface area (Å²) < 4.78 is 5.15. The van der Waals surface area contributed by atoms with E-state index in [0.29, 0.717) is 6.04 Å². The van der Waals surface area contributed by atoms with Crippen LogP contribution in [-0.2, 0) is 6.42 Å². The average Bonchev–Trinajstić information content (AvgIpc) is 2.70. The van der Waals surface area contributed by atoms with E-state index in [2.05, 4.69) is 41.6 Å². The lowest BCUT2D eigenvalue weighted by Crippen LogP contribution is -2.42. The van der Waals surface area contributed by atoms with Gasteiger partial charge in [0.2, 0.25) is 0 Å². The normalized spacial score (nSPS) is 12.8.